The second-order valence-electron chi connectivity index (χ2n) is 5.07. The Morgan fingerprint density at radius 2 is 1.72 bits per heavy atom. The maximum atomic E-state index is 12.5. The van der Waals surface area contributed by atoms with Gasteiger partial charge in [0.15, 0.2) is 11.5 Å². The van der Waals surface area contributed by atoms with Gasteiger partial charge in [0.1, 0.15) is 5.69 Å². The van der Waals surface area contributed by atoms with Gasteiger partial charge in [-0.2, -0.15) is 14.6 Å². The molecule has 0 aliphatic carbocycles. The summed E-state index contributed by atoms with van der Waals surface area (Å²) in [4.78, 5) is 28.2. The van der Waals surface area contributed by atoms with Crippen molar-refractivity contribution in [2.24, 2.45) is 0 Å². The molecule has 0 fully saturated rings. The van der Waals surface area contributed by atoms with E-state index in [4.69, 9.17) is 14.2 Å². The number of nitrogens with zero attached hydrogens (tertiary/aromatic N) is 3. The average molecular weight is 361 g/mol. The molecule has 0 aliphatic heterocycles. The lowest BCUT2D eigenvalue weighted by molar-refractivity contribution is 0.324. The molecule has 2 aromatic heterocycles. The fraction of sp³-hybridized carbons (Fsp3) is 0.250. The van der Waals surface area contributed by atoms with E-state index in [2.05, 4.69) is 10.1 Å². The van der Waals surface area contributed by atoms with Crippen LogP contribution in [-0.2, 0) is 0 Å². The van der Waals surface area contributed by atoms with Gasteiger partial charge >= 0.3 is 0 Å². The Morgan fingerprint density at radius 3 is 2.28 bits per heavy atom. The Kier molecular flexibility index (Phi) is 4.41. The third kappa shape index (κ3) is 2.93. The molecule has 0 spiro atoms. The van der Waals surface area contributed by atoms with Gasteiger partial charge in [0.25, 0.3) is 11.1 Å². The van der Waals surface area contributed by atoms with E-state index in [-0.39, 0.29) is 16.2 Å². The Balaban J connectivity index is 2.25. The van der Waals surface area contributed by atoms with Crippen LogP contribution in [0.4, 0.5) is 0 Å². The molecule has 9 heteroatoms. The normalized spacial score (nSPS) is 11.8. The molecule has 3 rings (SSSR count). The molecule has 0 amide bonds. The highest BCUT2D eigenvalue weighted by Gasteiger charge is 2.13. The van der Waals surface area contributed by atoms with Crippen LogP contribution in [0.25, 0.3) is 11.0 Å². The maximum Gasteiger partial charge on any atom is 0.295 e. The molecular formula is C16H15N3O5S. The minimum Gasteiger partial charge on any atom is -0.493 e. The second kappa shape index (κ2) is 6.52. The number of ether oxygens (including phenoxy) is 3. The topological polar surface area (TPSA) is 92.0 Å². The van der Waals surface area contributed by atoms with Crippen LogP contribution in [-0.4, -0.2) is 35.9 Å². The molecule has 0 bridgehead atoms. The van der Waals surface area contributed by atoms with Crippen molar-refractivity contribution in [3.05, 3.63) is 48.6 Å². The van der Waals surface area contributed by atoms with Crippen molar-refractivity contribution in [2.75, 3.05) is 21.3 Å². The van der Waals surface area contributed by atoms with Crippen LogP contribution in [0.2, 0.25) is 0 Å². The molecule has 130 valence electrons. The van der Waals surface area contributed by atoms with Crippen molar-refractivity contribution < 1.29 is 14.2 Å². The van der Waals surface area contributed by atoms with Crippen LogP contribution in [0.1, 0.15) is 11.3 Å². The number of methoxy groups -OCH3 is 3. The summed E-state index contributed by atoms with van der Waals surface area (Å²) < 4.78 is 17.4. The molecule has 0 unspecified atom stereocenters. The largest absolute Gasteiger partial charge is 0.493 e. The number of thiazole rings is 1. The molecule has 25 heavy (non-hydrogen) atoms. The third-order valence-electron chi connectivity index (χ3n) is 3.53. The second-order valence-corrected chi connectivity index (χ2v) is 6.08. The summed E-state index contributed by atoms with van der Waals surface area (Å²) in [5, 5.41) is 3.98. The quantitative estimate of drug-likeness (QED) is 0.664. The van der Waals surface area contributed by atoms with E-state index in [0.29, 0.717) is 27.3 Å². The Morgan fingerprint density at radius 1 is 1.08 bits per heavy atom. The number of hydrogen-bond acceptors (Lipinski definition) is 8. The first-order chi connectivity index (χ1) is 12.0. The summed E-state index contributed by atoms with van der Waals surface area (Å²) in [5.74, 6) is 1.41. The highest BCUT2D eigenvalue weighted by molar-refractivity contribution is 7.15. The molecule has 0 radical (unpaired) electrons. The van der Waals surface area contributed by atoms with Gasteiger partial charge in [-0.15, -0.1) is 0 Å². The van der Waals surface area contributed by atoms with E-state index < -0.39 is 5.56 Å². The van der Waals surface area contributed by atoms with Crippen molar-refractivity contribution in [1.29, 1.82) is 0 Å². The summed E-state index contributed by atoms with van der Waals surface area (Å²) in [5.41, 5.74) is 0.0644. The fourth-order valence-corrected chi connectivity index (χ4v) is 3.23. The highest BCUT2D eigenvalue weighted by Crippen LogP contribution is 2.38. The lowest BCUT2D eigenvalue weighted by atomic mass is 10.1. The highest BCUT2D eigenvalue weighted by atomic mass is 32.1. The van der Waals surface area contributed by atoms with Crippen LogP contribution in [0.15, 0.2) is 21.7 Å². The first kappa shape index (κ1) is 16.9. The van der Waals surface area contributed by atoms with E-state index in [0.717, 1.165) is 15.9 Å². The molecule has 0 N–H and O–H groups in total. The minimum absolute atomic E-state index is 0.173. The lowest BCUT2D eigenvalue weighted by Crippen LogP contribution is -2.27. The standard InChI is InChI=1S/C16H15N3O5S/c1-8-14(20)17-16-19(18-8)15(21)12(25-16)7-9-5-10(22-2)13(24-4)11(6-9)23-3/h5-7H,1-4H3/b12-7+. The van der Waals surface area contributed by atoms with Crippen LogP contribution in [0.3, 0.4) is 0 Å². The van der Waals surface area contributed by atoms with Gasteiger partial charge < -0.3 is 14.2 Å². The number of aryl methyl sites for hydroxylation is 1. The van der Waals surface area contributed by atoms with Gasteiger partial charge in [-0.1, -0.05) is 11.3 Å². The van der Waals surface area contributed by atoms with Gasteiger partial charge in [0.05, 0.1) is 25.9 Å². The number of aromatic nitrogens is 3. The molecule has 3 aromatic rings. The van der Waals surface area contributed by atoms with Crippen LogP contribution < -0.4 is 29.9 Å². The predicted molar refractivity (Wildman–Crippen MR) is 93.0 cm³/mol. The van der Waals surface area contributed by atoms with Crippen molar-refractivity contribution in [1.82, 2.24) is 14.6 Å². The zero-order valence-electron chi connectivity index (χ0n) is 14.0. The molecule has 2 heterocycles. The zero-order valence-corrected chi connectivity index (χ0v) is 14.8. The van der Waals surface area contributed by atoms with Gasteiger partial charge in [-0.3, -0.25) is 9.59 Å². The summed E-state index contributed by atoms with van der Waals surface area (Å²) in [6, 6.07) is 3.45. The van der Waals surface area contributed by atoms with Crippen molar-refractivity contribution in [3.8, 4) is 17.2 Å². The zero-order chi connectivity index (χ0) is 18.1. The van der Waals surface area contributed by atoms with Crippen LogP contribution >= 0.6 is 11.3 Å². The Labute approximate surface area is 145 Å². The number of fused-ring (bicyclic) bond motifs is 1. The van der Waals surface area contributed by atoms with E-state index in [1.807, 2.05) is 0 Å². The first-order valence-corrected chi connectivity index (χ1v) is 8.02. The van der Waals surface area contributed by atoms with E-state index >= 15 is 0 Å². The average Bonchev–Trinajstić information content (AvgIpc) is 2.89. The smallest absolute Gasteiger partial charge is 0.295 e. The maximum absolute atomic E-state index is 12.5. The fourth-order valence-electron chi connectivity index (χ4n) is 2.32. The number of hydrogen-bond donors (Lipinski definition) is 0. The molecule has 0 atom stereocenters. The van der Waals surface area contributed by atoms with Gasteiger partial charge in [-0.05, 0) is 30.7 Å². The summed E-state index contributed by atoms with van der Waals surface area (Å²) >= 11 is 1.09. The molecule has 0 saturated carbocycles. The Bertz CT molecular complexity index is 1090. The third-order valence-corrected chi connectivity index (χ3v) is 4.49. The van der Waals surface area contributed by atoms with Gasteiger partial charge in [0, 0.05) is 0 Å². The monoisotopic (exact) mass is 361 g/mol. The van der Waals surface area contributed by atoms with Gasteiger partial charge in [0.2, 0.25) is 10.7 Å². The molecular weight excluding hydrogens is 346 g/mol. The van der Waals surface area contributed by atoms with Crippen LogP contribution in [0.5, 0.6) is 17.2 Å². The molecule has 0 saturated heterocycles. The summed E-state index contributed by atoms with van der Waals surface area (Å²) in [6.07, 6.45) is 1.66. The van der Waals surface area contributed by atoms with E-state index in [1.165, 1.54) is 28.3 Å². The lowest BCUT2D eigenvalue weighted by Gasteiger charge is -2.12. The van der Waals surface area contributed by atoms with Crippen molar-refractivity contribution >= 4 is 22.4 Å². The molecule has 0 aliphatic rings. The SMILES string of the molecule is COc1cc(/C=c2/sc3nc(=O)c(C)nn3c2=O)cc(OC)c1OC. The summed E-state index contributed by atoms with van der Waals surface area (Å²) in [6.45, 7) is 1.52. The van der Waals surface area contributed by atoms with Gasteiger partial charge in [-0.25, -0.2) is 0 Å². The van der Waals surface area contributed by atoms with Crippen molar-refractivity contribution in [2.45, 2.75) is 6.92 Å². The molecule has 8 nitrogen and oxygen atoms in total. The van der Waals surface area contributed by atoms with Crippen LogP contribution in [0, 0.1) is 6.92 Å². The molecule has 1 aromatic carbocycles. The predicted octanol–water partition coefficient (Wildman–Crippen LogP) is 0.393. The number of rotatable bonds is 4. The first-order valence-electron chi connectivity index (χ1n) is 7.20. The van der Waals surface area contributed by atoms with E-state index in [9.17, 15) is 9.59 Å². The van der Waals surface area contributed by atoms with Crippen molar-refractivity contribution in [3.63, 3.8) is 0 Å². The Hall–Kier alpha value is -2.94. The minimum atomic E-state index is -0.444. The summed E-state index contributed by atoms with van der Waals surface area (Å²) in [7, 11) is 4.55. The number of benzene rings is 1. The van der Waals surface area contributed by atoms with E-state index in [1.54, 1.807) is 18.2 Å².